The maximum Gasteiger partial charge on any atom is 0.402 e. The first-order valence-electron chi connectivity index (χ1n) is 8.23. The Labute approximate surface area is 158 Å². The summed E-state index contributed by atoms with van der Waals surface area (Å²) in [5.41, 5.74) is 2.06. The summed E-state index contributed by atoms with van der Waals surface area (Å²) in [6, 6.07) is 4.99. The minimum absolute atomic E-state index is 0.278. The monoisotopic (exact) mass is 418 g/mol. The predicted octanol–water partition coefficient (Wildman–Crippen LogP) is 3.72. The Balaban J connectivity index is 1.69. The third-order valence-electron chi connectivity index (χ3n) is 4.19. The number of rotatable bonds is 5. The summed E-state index contributed by atoms with van der Waals surface area (Å²) in [6.07, 6.45) is -0.635. The fraction of sp³-hybridized carbons (Fsp3) is 0.353. The molecule has 1 aliphatic carbocycles. The summed E-state index contributed by atoms with van der Waals surface area (Å²) in [7, 11) is -4.28. The minimum atomic E-state index is -4.64. The SMILES string of the molecule is O=C(Nc1ccc(S(=O)(=O)NCC(F)(F)F)cc1)c1csc2c1CCCC2. The average molecular weight is 418 g/mol. The van der Waals surface area contributed by atoms with Crippen molar-refractivity contribution >= 4 is 33.0 Å². The van der Waals surface area contributed by atoms with E-state index in [1.165, 1.54) is 21.7 Å². The van der Waals surface area contributed by atoms with Crippen molar-refractivity contribution in [2.45, 2.75) is 36.8 Å². The zero-order valence-corrected chi connectivity index (χ0v) is 15.7. The van der Waals surface area contributed by atoms with Crippen LogP contribution in [0.5, 0.6) is 0 Å². The molecule has 0 saturated carbocycles. The molecule has 2 N–H and O–H groups in total. The van der Waals surface area contributed by atoms with E-state index in [4.69, 9.17) is 0 Å². The van der Waals surface area contributed by atoms with Crippen LogP contribution in [0.15, 0.2) is 34.5 Å². The molecule has 10 heteroatoms. The van der Waals surface area contributed by atoms with Crippen LogP contribution in [0.3, 0.4) is 0 Å². The van der Waals surface area contributed by atoms with Crippen LogP contribution < -0.4 is 10.0 Å². The van der Waals surface area contributed by atoms with Crippen molar-refractivity contribution in [3.05, 3.63) is 45.6 Å². The maximum absolute atomic E-state index is 12.5. The summed E-state index contributed by atoms with van der Waals surface area (Å²) in [4.78, 5) is 13.4. The largest absolute Gasteiger partial charge is 0.402 e. The number of aryl methyl sites for hydroxylation is 1. The second-order valence-corrected chi connectivity index (χ2v) is 8.91. The van der Waals surface area contributed by atoms with Gasteiger partial charge in [0.05, 0.1) is 10.5 Å². The van der Waals surface area contributed by atoms with Crippen molar-refractivity contribution in [1.82, 2.24) is 4.72 Å². The van der Waals surface area contributed by atoms with Crippen LogP contribution in [0, 0.1) is 0 Å². The zero-order valence-electron chi connectivity index (χ0n) is 14.1. The number of hydrogen-bond donors (Lipinski definition) is 2. The van der Waals surface area contributed by atoms with Crippen LogP contribution in [-0.2, 0) is 22.9 Å². The predicted molar refractivity (Wildman–Crippen MR) is 96.6 cm³/mol. The van der Waals surface area contributed by atoms with Gasteiger partial charge in [-0.3, -0.25) is 4.79 Å². The van der Waals surface area contributed by atoms with Crippen molar-refractivity contribution in [3.63, 3.8) is 0 Å². The van der Waals surface area contributed by atoms with Gasteiger partial charge in [0.1, 0.15) is 6.54 Å². The molecule has 0 spiro atoms. The van der Waals surface area contributed by atoms with Gasteiger partial charge >= 0.3 is 6.18 Å². The van der Waals surface area contributed by atoms with Crippen LogP contribution in [0.4, 0.5) is 18.9 Å². The average Bonchev–Trinajstić information content (AvgIpc) is 3.04. The molecule has 2 aromatic rings. The molecule has 1 aromatic heterocycles. The summed E-state index contributed by atoms with van der Waals surface area (Å²) >= 11 is 1.56. The highest BCUT2D eigenvalue weighted by atomic mass is 32.2. The molecule has 0 aliphatic heterocycles. The molecule has 146 valence electrons. The highest BCUT2D eigenvalue weighted by Gasteiger charge is 2.30. The van der Waals surface area contributed by atoms with Gasteiger partial charge in [-0.1, -0.05) is 0 Å². The Hall–Kier alpha value is -1.91. The van der Waals surface area contributed by atoms with Crippen molar-refractivity contribution in [2.75, 3.05) is 11.9 Å². The van der Waals surface area contributed by atoms with Gasteiger partial charge in [-0.05, 0) is 55.5 Å². The van der Waals surface area contributed by atoms with E-state index in [2.05, 4.69) is 5.32 Å². The number of carbonyl (C=O) groups excluding carboxylic acids is 1. The van der Waals surface area contributed by atoms with Crippen LogP contribution in [0.2, 0.25) is 0 Å². The molecule has 1 aromatic carbocycles. The van der Waals surface area contributed by atoms with Crippen LogP contribution >= 0.6 is 11.3 Å². The standard InChI is InChI=1S/C17H17F3N2O3S2/c18-17(19,20)10-21-27(24,25)12-7-5-11(6-8-12)22-16(23)14-9-26-15-4-2-1-3-13(14)15/h5-9,21H,1-4,10H2,(H,22,23). The van der Waals surface area contributed by atoms with E-state index in [0.717, 1.165) is 43.4 Å². The minimum Gasteiger partial charge on any atom is -0.322 e. The zero-order chi connectivity index (χ0) is 19.7. The summed E-state index contributed by atoms with van der Waals surface area (Å²) in [6.45, 7) is -1.64. The number of nitrogens with one attached hydrogen (secondary N) is 2. The molecule has 0 radical (unpaired) electrons. The molecule has 27 heavy (non-hydrogen) atoms. The van der Waals surface area contributed by atoms with Gasteiger partial charge in [-0.15, -0.1) is 11.3 Å². The van der Waals surface area contributed by atoms with Crippen LogP contribution in [-0.4, -0.2) is 27.0 Å². The van der Waals surface area contributed by atoms with E-state index in [1.54, 1.807) is 11.3 Å². The third-order valence-corrected chi connectivity index (χ3v) is 6.70. The number of anilines is 1. The molecule has 1 heterocycles. The first-order chi connectivity index (χ1) is 12.7. The Kier molecular flexibility index (Phi) is 5.59. The van der Waals surface area contributed by atoms with Crippen LogP contribution in [0.25, 0.3) is 0 Å². The molecule has 0 saturated heterocycles. The normalized spacial score (nSPS) is 14.6. The van der Waals surface area contributed by atoms with Crippen molar-refractivity contribution in [1.29, 1.82) is 0 Å². The molecular formula is C17H17F3N2O3S2. The Morgan fingerprint density at radius 3 is 2.44 bits per heavy atom. The summed E-state index contributed by atoms with van der Waals surface area (Å²) in [5.74, 6) is -0.278. The highest BCUT2D eigenvalue weighted by Crippen LogP contribution is 2.30. The van der Waals surface area contributed by atoms with Gasteiger partial charge in [0.25, 0.3) is 5.91 Å². The Morgan fingerprint density at radius 1 is 1.11 bits per heavy atom. The number of benzene rings is 1. The van der Waals surface area contributed by atoms with Gasteiger partial charge in [0, 0.05) is 15.9 Å². The van der Waals surface area contributed by atoms with Gasteiger partial charge in [-0.2, -0.15) is 13.2 Å². The molecule has 0 fully saturated rings. The van der Waals surface area contributed by atoms with E-state index in [0.29, 0.717) is 11.3 Å². The van der Waals surface area contributed by atoms with Gasteiger partial charge in [-0.25, -0.2) is 13.1 Å². The van der Waals surface area contributed by atoms with Crippen molar-refractivity contribution in [3.8, 4) is 0 Å². The van der Waals surface area contributed by atoms with Crippen molar-refractivity contribution in [2.24, 2.45) is 0 Å². The fourth-order valence-corrected chi connectivity index (χ4v) is 5.00. The van der Waals surface area contributed by atoms with E-state index < -0.39 is 22.7 Å². The first-order valence-corrected chi connectivity index (χ1v) is 10.6. The number of amides is 1. The number of sulfonamides is 1. The van der Waals surface area contributed by atoms with Crippen molar-refractivity contribution < 1.29 is 26.4 Å². The summed E-state index contributed by atoms with van der Waals surface area (Å²) < 4.78 is 61.8. The summed E-state index contributed by atoms with van der Waals surface area (Å²) in [5, 5.41) is 4.53. The Morgan fingerprint density at radius 2 is 1.78 bits per heavy atom. The molecular weight excluding hydrogens is 401 g/mol. The molecule has 3 rings (SSSR count). The van der Waals surface area contributed by atoms with E-state index in [-0.39, 0.29) is 10.8 Å². The molecule has 0 unspecified atom stereocenters. The number of alkyl halides is 3. The fourth-order valence-electron chi connectivity index (χ4n) is 2.86. The number of halogens is 3. The second-order valence-electron chi connectivity index (χ2n) is 6.18. The second kappa shape index (κ2) is 7.61. The smallest absolute Gasteiger partial charge is 0.322 e. The topological polar surface area (TPSA) is 75.3 Å². The number of fused-ring (bicyclic) bond motifs is 1. The maximum atomic E-state index is 12.5. The number of carbonyl (C=O) groups is 1. The molecule has 1 amide bonds. The van der Waals surface area contributed by atoms with Gasteiger partial charge < -0.3 is 5.32 Å². The molecule has 0 bridgehead atoms. The third kappa shape index (κ3) is 4.88. The first kappa shape index (κ1) is 19.8. The lowest BCUT2D eigenvalue weighted by molar-refractivity contribution is -0.121. The number of thiophene rings is 1. The highest BCUT2D eigenvalue weighted by molar-refractivity contribution is 7.89. The lowest BCUT2D eigenvalue weighted by atomic mass is 9.95. The Bertz CT molecular complexity index is 935. The van der Waals surface area contributed by atoms with E-state index in [9.17, 15) is 26.4 Å². The molecule has 1 aliphatic rings. The lowest BCUT2D eigenvalue weighted by Crippen LogP contribution is -2.33. The lowest BCUT2D eigenvalue weighted by Gasteiger charge is -2.13. The van der Waals surface area contributed by atoms with E-state index >= 15 is 0 Å². The van der Waals surface area contributed by atoms with Crippen LogP contribution in [0.1, 0.15) is 33.6 Å². The molecule has 0 atom stereocenters. The van der Waals surface area contributed by atoms with Gasteiger partial charge in [0.15, 0.2) is 0 Å². The van der Waals surface area contributed by atoms with Gasteiger partial charge in [0.2, 0.25) is 10.0 Å². The quantitative estimate of drug-likeness (QED) is 0.777. The van der Waals surface area contributed by atoms with E-state index in [1.807, 2.05) is 5.38 Å². The molecule has 5 nitrogen and oxygen atoms in total. The number of hydrogen-bond acceptors (Lipinski definition) is 4.